The third-order valence-corrected chi connectivity index (χ3v) is 3.66. The second-order valence-electron chi connectivity index (χ2n) is 4.93. The molecule has 1 aromatic carbocycles. The highest BCUT2D eigenvalue weighted by atomic mass is 16.6. The number of benzene rings is 1. The molecule has 23 heavy (non-hydrogen) atoms. The fourth-order valence-corrected chi connectivity index (χ4v) is 2.37. The van der Waals surface area contributed by atoms with Crippen molar-refractivity contribution in [1.82, 2.24) is 4.90 Å². The Labute approximate surface area is 137 Å². The summed E-state index contributed by atoms with van der Waals surface area (Å²) in [5, 5.41) is 10.6. The molecule has 1 aliphatic heterocycles. The number of nitro benzene ring substituents is 1. The largest absolute Gasteiger partial charge is 0.469 e. The van der Waals surface area contributed by atoms with Gasteiger partial charge in [-0.2, -0.15) is 0 Å². The summed E-state index contributed by atoms with van der Waals surface area (Å²) < 4.78 is 4.63. The molecule has 1 fully saturated rings. The van der Waals surface area contributed by atoms with E-state index in [2.05, 4.69) is 14.5 Å². The molecule has 2 rings (SSSR count). The number of ether oxygens (including phenoxy) is 1. The van der Waals surface area contributed by atoms with E-state index in [1.54, 1.807) is 12.1 Å². The monoisotopic (exact) mass is 323 g/mol. The number of carbonyl (C=O) groups excluding carboxylic acids is 1. The van der Waals surface area contributed by atoms with Gasteiger partial charge >= 0.3 is 5.97 Å². The van der Waals surface area contributed by atoms with Gasteiger partial charge in [0.05, 0.1) is 18.5 Å². The zero-order chi connectivity index (χ0) is 17.2. The molecule has 0 bridgehead atoms. The quantitative estimate of drug-likeness (QED) is 0.470. The topological polar surface area (TPSA) is 75.9 Å². The second-order valence-corrected chi connectivity index (χ2v) is 4.93. The minimum Gasteiger partial charge on any atom is -0.469 e. The summed E-state index contributed by atoms with van der Waals surface area (Å²) in [7, 11) is 1.40. The summed E-state index contributed by atoms with van der Waals surface area (Å²) >= 11 is 0. The number of esters is 1. The third-order valence-electron chi connectivity index (χ3n) is 3.66. The van der Waals surface area contributed by atoms with Gasteiger partial charge in [-0.25, -0.2) is 0 Å². The Balaban J connectivity index is 0.00000127. The second kappa shape index (κ2) is 9.78. The van der Waals surface area contributed by atoms with Crippen LogP contribution < -0.4 is 4.90 Å². The highest BCUT2D eigenvalue weighted by molar-refractivity contribution is 5.69. The van der Waals surface area contributed by atoms with Gasteiger partial charge in [0.2, 0.25) is 0 Å². The van der Waals surface area contributed by atoms with E-state index in [4.69, 9.17) is 0 Å². The van der Waals surface area contributed by atoms with E-state index in [-0.39, 0.29) is 11.7 Å². The smallest absolute Gasteiger partial charge is 0.306 e. The molecule has 7 nitrogen and oxygen atoms in total. The van der Waals surface area contributed by atoms with Crippen LogP contribution in [0.3, 0.4) is 0 Å². The molecule has 128 valence electrons. The lowest BCUT2D eigenvalue weighted by Crippen LogP contribution is -2.46. The zero-order valence-electron chi connectivity index (χ0n) is 14.0. The summed E-state index contributed by atoms with van der Waals surface area (Å²) in [6.45, 7) is 8.14. The molecular formula is C16H25N3O4. The fraction of sp³-hybridized carbons (Fsp3) is 0.562. The molecule has 1 heterocycles. The van der Waals surface area contributed by atoms with Crippen molar-refractivity contribution in [3.05, 3.63) is 34.4 Å². The van der Waals surface area contributed by atoms with E-state index >= 15 is 0 Å². The van der Waals surface area contributed by atoms with E-state index in [1.165, 1.54) is 19.2 Å². The molecule has 1 aliphatic rings. The Kier molecular flexibility index (Phi) is 8.04. The first-order valence-corrected chi connectivity index (χ1v) is 7.88. The summed E-state index contributed by atoms with van der Waals surface area (Å²) in [4.78, 5) is 25.8. The highest BCUT2D eigenvalue weighted by Crippen LogP contribution is 2.20. The molecule has 0 aromatic heterocycles. The number of hydrogen-bond donors (Lipinski definition) is 0. The zero-order valence-corrected chi connectivity index (χ0v) is 14.0. The van der Waals surface area contributed by atoms with E-state index < -0.39 is 4.92 Å². The normalized spacial score (nSPS) is 14.7. The van der Waals surface area contributed by atoms with Gasteiger partial charge in [-0.05, 0) is 12.1 Å². The molecule has 1 saturated heterocycles. The molecule has 0 saturated carbocycles. The van der Waals surface area contributed by atoms with Crippen LogP contribution in [0.5, 0.6) is 0 Å². The molecule has 0 aliphatic carbocycles. The summed E-state index contributed by atoms with van der Waals surface area (Å²) in [5.74, 6) is -0.187. The van der Waals surface area contributed by atoms with Crippen LogP contribution in [0.4, 0.5) is 11.4 Å². The minimum atomic E-state index is -0.394. The number of carbonyl (C=O) groups is 1. The molecule has 0 amide bonds. The fourth-order valence-electron chi connectivity index (χ4n) is 2.37. The standard InChI is InChI=1S/C14H19N3O4.C2H6/c1-21-14(18)6-7-15-8-10-16(11-9-15)12-2-4-13(5-3-12)17(19)20;1-2/h2-5H,6-11H2,1H3;1-2H3. The van der Waals surface area contributed by atoms with Crippen molar-refractivity contribution in [1.29, 1.82) is 0 Å². The Hall–Kier alpha value is -2.15. The van der Waals surface area contributed by atoms with E-state index in [9.17, 15) is 14.9 Å². The number of piperazine rings is 1. The SMILES string of the molecule is CC.COC(=O)CCN1CCN(c2ccc([N+](=O)[O-])cc2)CC1. The van der Waals surface area contributed by atoms with Gasteiger partial charge in [-0.1, -0.05) is 13.8 Å². The number of methoxy groups -OCH3 is 1. The number of anilines is 1. The lowest BCUT2D eigenvalue weighted by atomic mass is 10.2. The van der Waals surface area contributed by atoms with E-state index in [1.807, 2.05) is 13.8 Å². The number of rotatable bonds is 5. The van der Waals surface area contributed by atoms with Crippen LogP contribution in [0.25, 0.3) is 0 Å². The van der Waals surface area contributed by atoms with E-state index in [0.717, 1.165) is 31.9 Å². The summed E-state index contributed by atoms with van der Waals surface area (Å²) in [6.07, 6.45) is 0.411. The van der Waals surface area contributed by atoms with Gasteiger partial charge in [0.15, 0.2) is 0 Å². The highest BCUT2D eigenvalue weighted by Gasteiger charge is 2.18. The first kappa shape index (κ1) is 18.9. The van der Waals surface area contributed by atoms with Crippen molar-refractivity contribution in [3.63, 3.8) is 0 Å². The summed E-state index contributed by atoms with van der Waals surface area (Å²) in [5.41, 5.74) is 1.10. The maximum Gasteiger partial charge on any atom is 0.306 e. The maximum absolute atomic E-state index is 11.1. The number of hydrogen-bond acceptors (Lipinski definition) is 6. The summed E-state index contributed by atoms with van der Waals surface area (Å²) in [6, 6.07) is 6.61. The molecule has 0 radical (unpaired) electrons. The third kappa shape index (κ3) is 5.86. The molecule has 0 unspecified atom stereocenters. The van der Waals surface area contributed by atoms with Crippen LogP contribution in [-0.2, 0) is 9.53 Å². The molecule has 0 atom stereocenters. The average Bonchev–Trinajstić information content (AvgIpc) is 2.62. The molecule has 7 heteroatoms. The van der Waals surface area contributed by atoms with Crippen molar-refractivity contribution in [2.75, 3.05) is 44.7 Å². The Morgan fingerprint density at radius 1 is 1.17 bits per heavy atom. The van der Waals surface area contributed by atoms with Crippen LogP contribution in [-0.4, -0.2) is 55.6 Å². The van der Waals surface area contributed by atoms with Crippen LogP contribution in [0.2, 0.25) is 0 Å². The van der Waals surface area contributed by atoms with Gasteiger partial charge in [0, 0.05) is 50.5 Å². The molecule has 1 aromatic rings. The number of non-ortho nitro benzene ring substituents is 1. The van der Waals surface area contributed by atoms with E-state index in [0.29, 0.717) is 13.0 Å². The lowest BCUT2D eigenvalue weighted by Gasteiger charge is -2.35. The Bertz CT molecular complexity index is 497. The van der Waals surface area contributed by atoms with Crippen LogP contribution >= 0.6 is 0 Å². The first-order valence-electron chi connectivity index (χ1n) is 7.88. The van der Waals surface area contributed by atoms with Crippen molar-refractivity contribution >= 4 is 17.3 Å². The average molecular weight is 323 g/mol. The van der Waals surface area contributed by atoms with Gasteiger partial charge < -0.3 is 9.64 Å². The van der Waals surface area contributed by atoms with Gasteiger partial charge in [0.25, 0.3) is 5.69 Å². The molecular weight excluding hydrogens is 298 g/mol. The first-order chi connectivity index (χ1) is 11.1. The van der Waals surface area contributed by atoms with Gasteiger partial charge in [-0.3, -0.25) is 19.8 Å². The lowest BCUT2D eigenvalue weighted by molar-refractivity contribution is -0.384. The minimum absolute atomic E-state index is 0.107. The van der Waals surface area contributed by atoms with Crippen molar-refractivity contribution in [2.45, 2.75) is 20.3 Å². The Morgan fingerprint density at radius 3 is 2.22 bits per heavy atom. The van der Waals surface area contributed by atoms with Crippen LogP contribution in [0.1, 0.15) is 20.3 Å². The van der Waals surface area contributed by atoms with Gasteiger partial charge in [0.1, 0.15) is 0 Å². The maximum atomic E-state index is 11.1. The number of nitro groups is 1. The van der Waals surface area contributed by atoms with Crippen molar-refractivity contribution in [2.24, 2.45) is 0 Å². The molecule has 0 N–H and O–H groups in total. The number of nitrogens with zero attached hydrogens (tertiary/aromatic N) is 3. The van der Waals surface area contributed by atoms with Crippen molar-refractivity contribution < 1.29 is 14.5 Å². The van der Waals surface area contributed by atoms with Gasteiger partial charge in [-0.15, -0.1) is 0 Å². The predicted octanol–water partition coefficient (Wildman–Crippen LogP) is 2.31. The predicted molar refractivity (Wildman–Crippen MR) is 89.7 cm³/mol. The molecule has 0 spiro atoms. The van der Waals surface area contributed by atoms with Crippen LogP contribution in [0.15, 0.2) is 24.3 Å². The Morgan fingerprint density at radius 2 is 1.74 bits per heavy atom. The van der Waals surface area contributed by atoms with Crippen molar-refractivity contribution in [3.8, 4) is 0 Å². The van der Waals surface area contributed by atoms with Crippen LogP contribution in [0, 0.1) is 10.1 Å².